The Kier molecular flexibility index (Phi) is 7.01. The maximum absolute atomic E-state index is 12.1. The Morgan fingerprint density at radius 3 is 2.20 bits per heavy atom. The minimum Gasteiger partial charge on any atom is -0.362 e. The third-order valence-corrected chi connectivity index (χ3v) is 3.60. The molecular weight excluding hydrogens is 331 g/mol. The van der Waals surface area contributed by atoms with E-state index in [-0.39, 0.29) is 6.04 Å². The molecule has 1 atom stereocenters. The minimum atomic E-state index is -4.44. The monoisotopic (exact) mass is 351 g/mol. The molecule has 25 heavy (non-hydrogen) atoms. The topological polar surface area (TPSA) is 38.3 Å². The van der Waals surface area contributed by atoms with E-state index in [1.807, 2.05) is 60.7 Å². The Morgan fingerprint density at radius 2 is 1.60 bits per heavy atom. The second-order valence-electron chi connectivity index (χ2n) is 5.66. The van der Waals surface area contributed by atoms with E-state index in [9.17, 15) is 18.0 Å². The molecule has 0 aliphatic heterocycles. The van der Waals surface area contributed by atoms with E-state index in [0.717, 1.165) is 17.5 Å². The van der Waals surface area contributed by atoms with Crippen LogP contribution in [0.4, 0.5) is 13.2 Å². The van der Waals surface area contributed by atoms with E-state index < -0.39 is 25.3 Å². The van der Waals surface area contributed by atoms with Crippen LogP contribution in [0, 0.1) is 0 Å². The van der Waals surface area contributed by atoms with Crippen LogP contribution in [0.3, 0.4) is 0 Å². The number of carbonyl (C=O) groups is 1. The Hall–Kier alpha value is -2.34. The van der Waals surface area contributed by atoms with E-state index in [4.69, 9.17) is 0 Å². The first-order valence-corrected chi connectivity index (χ1v) is 7.97. The molecule has 0 aromatic heterocycles. The van der Waals surface area contributed by atoms with Crippen molar-refractivity contribution < 1.29 is 22.7 Å². The van der Waals surface area contributed by atoms with Crippen LogP contribution >= 0.6 is 0 Å². The summed E-state index contributed by atoms with van der Waals surface area (Å²) in [6.45, 7) is -2.05. The molecule has 0 saturated carbocycles. The lowest BCUT2D eigenvalue weighted by atomic mass is 9.99. The summed E-state index contributed by atoms with van der Waals surface area (Å²) in [5.41, 5.74) is 2.04. The minimum absolute atomic E-state index is 0.289. The molecular formula is C19H20F3NO2. The number of nitrogens with one attached hydrogen (secondary N) is 1. The molecule has 2 rings (SSSR count). The number of ether oxygens (including phenoxy) is 1. The number of amides is 1. The van der Waals surface area contributed by atoms with Crippen molar-refractivity contribution in [2.75, 3.05) is 13.2 Å². The van der Waals surface area contributed by atoms with Crippen molar-refractivity contribution in [3.05, 3.63) is 71.8 Å². The zero-order valence-corrected chi connectivity index (χ0v) is 13.6. The van der Waals surface area contributed by atoms with Crippen LogP contribution < -0.4 is 5.32 Å². The molecule has 0 aliphatic rings. The Bertz CT molecular complexity index is 645. The molecule has 0 heterocycles. The summed E-state index contributed by atoms with van der Waals surface area (Å²) in [6.07, 6.45) is -3.06. The summed E-state index contributed by atoms with van der Waals surface area (Å²) < 4.78 is 40.7. The van der Waals surface area contributed by atoms with Crippen LogP contribution in [-0.4, -0.2) is 25.3 Å². The van der Waals surface area contributed by atoms with E-state index in [2.05, 4.69) is 10.1 Å². The van der Waals surface area contributed by atoms with Gasteiger partial charge in [-0.1, -0.05) is 60.7 Å². The molecule has 1 amide bonds. The second kappa shape index (κ2) is 9.22. The highest BCUT2D eigenvalue weighted by atomic mass is 19.4. The molecule has 0 saturated heterocycles. The number of aryl methyl sites for hydroxylation is 1. The molecule has 0 aliphatic carbocycles. The van der Waals surface area contributed by atoms with Gasteiger partial charge in [0.1, 0.15) is 13.2 Å². The van der Waals surface area contributed by atoms with Gasteiger partial charge in [-0.15, -0.1) is 0 Å². The molecule has 1 N–H and O–H groups in total. The van der Waals surface area contributed by atoms with Gasteiger partial charge in [0, 0.05) is 0 Å². The number of hydrogen-bond donors (Lipinski definition) is 1. The number of hydrogen-bond acceptors (Lipinski definition) is 2. The van der Waals surface area contributed by atoms with Gasteiger partial charge in [-0.25, -0.2) is 0 Å². The van der Waals surface area contributed by atoms with E-state index >= 15 is 0 Å². The van der Waals surface area contributed by atoms with Gasteiger partial charge in [-0.2, -0.15) is 13.2 Å². The highest BCUT2D eigenvalue weighted by Crippen LogP contribution is 2.19. The van der Waals surface area contributed by atoms with Crippen LogP contribution in [0.15, 0.2) is 60.7 Å². The Balaban J connectivity index is 1.94. The van der Waals surface area contributed by atoms with E-state index in [1.165, 1.54) is 0 Å². The highest BCUT2D eigenvalue weighted by molar-refractivity contribution is 5.77. The van der Waals surface area contributed by atoms with Crippen molar-refractivity contribution in [3.63, 3.8) is 0 Å². The van der Waals surface area contributed by atoms with Crippen LogP contribution in [0.2, 0.25) is 0 Å². The normalized spacial score (nSPS) is 12.6. The molecule has 0 fully saturated rings. The quantitative estimate of drug-likeness (QED) is 0.779. The Labute approximate surface area is 144 Å². The van der Waals surface area contributed by atoms with Gasteiger partial charge in [-0.05, 0) is 24.0 Å². The molecule has 134 valence electrons. The molecule has 0 bridgehead atoms. The van der Waals surface area contributed by atoms with Crippen molar-refractivity contribution in [1.29, 1.82) is 0 Å². The number of halogens is 3. The van der Waals surface area contributed by atoms with E-state index in [1.54, 1.807) is 0 Å². The van der Waals surface area contributed by atoms with Crippen molar-refractivity contribution in [2.24, 2.45) is 0 Å². The lowest BCUT2D eigenvalue weighted by Crippen LogP contribution is -2.33. The van der Waals surface area contributed by atoms with Gasteiger partial charge in [-0.3, -0.25) is 4.79 Å². The van der Waals surface area contributed by atoms with Gasteiger partial charge in [0.05, 0.1) is 6.04 Å². The van der Waals surface area contributed by atoms with Crippen LogP contribution in [0.25, 0.3) is 0 Å². The molecule has 2 aromatic carbocycles. The van der Waals surface area contributed by atoms with Gasteiger partial charge in [0.15, 0.2) is 0 Å². The smallest absolute Gasteiger partial charge is 0.362 e. The van der Waals surface area contributed by atoms with Crippen LogP contribution in [-0.2, 0) is 16.0 Å². The summed E-state index contributed by atoms with van der Waals surface area (Å²) in [4.78, 5) is 11.9. The SMILES string of the molecule is O=C(COCC(F)(F)F)NC(CCc1ccccc1)c1ccccc1. The van der Waals surface area contributed by atoms with Crippen LogP contribution in [0.1, 0.15) is 23.6 Å². The third kappa shape index (κ3) is 7.39. The number of alkyl halides is 3. The molecule has 0 spiro atoms. The molecule has 3 nitrogen and oxygen atoms in total. The third-order valence-electron chi connectivity index (χ3n) is 3.60. The van der Waals surface area contributed by atoms with Crippen molar-refractivity contribution >= 4 is 5.91 Å². The fourth-order valence-electron chi connectivity index (χ4n) is 2.46. The largest absolute Gasteiger partial charge is 0.411 e. The lowest BCUT2D eigenvalue weighted by Gasteiger charge is -2.19. The Morgan fingerprint density at radius 1 is 1.00 bits per heavy atom. The van der Waals surface area contributed by atoms with Crippen molar-refractivity contribution in [1.82, 2.24) is 5.32 Å². The first-order chi connectivity index (χ1) is 11.9. The van der Waals surface area contributed by atoms with Gasteiger partial charge in [0.2, 0.25) is 5.91 Å². The summed E-state index contributed by atoms with van der Waals surface area (Å²) in [5.74, 6) is -0.564. The number of benzene rings is 2. The summed E-state index contributed by atoms with van der Waals surface area (Å²) in [7, 11) is 0. The first-order valence-electron chi connectivity index (χ1n) is 7.97. The van der Waals surface area contributed by atoms with Gasteiger partial charge >= 0.3 is 6.18 Å². The lowest BCUT2D eigenvalue weighted by molar-refractivity contribution is -0.175. The zero-order chi connectivity index (χ0) is 18.1. The maximum Gasteiger partial charge on any atom is 0.411 e. The zero-order valence-electron chi connectivity index (χ0n) is 13.6. The van der Waals surface area contributed by atoms with Crippen molar-refractivity contribution in [3.8, 4) is 0 Å². The van der Waals surface area contributed by atoms with Crippen LogP contribution in [0.5, 0.6) is 0 Å². The highest BCUT2D eigenvalue weighted by Gasteiger charge is 2.28. The maximum atomic E-state index is 12.1. The summed E-state index contributed by atoms with van der Waals surface area (Å²) in [6, 6.07) is 18.9. The molecule has 6 heteroatoms. The summed E-state index contributed by atoms with van der Waals surface area (Å²) in [5, 5.41) is 2.76. The number of carbonyl (C=O) groups excluding carboxylic acids is 1. The predicted octanol–water partition coefficient (Wildman–Crippen LogP) is 4.06. The molecule has 0 radical (unpaired) electrons. The fourth-order valence-corrected chi connectivity index (χ4v) is 2.46. The molecule has 2 aromatic rings. The van der Waals surface area contributed by atoms with Gasteiger partial charge < -0.3 is 10.1 Å². The second-order valence-corrected chi connectivity index (χ2v) is 5.66. The van der Waals surface area contributed by atoms with E-state index in [0.29, 0.717) is 6.42 Å². The first kappa shape index (κ1) is 19.0. The molecule has 1 unspecified atom stereocenters. The average Bonchev–Trinajstić information content (AvgIpc) is 2.59. The van der Waals surface area contributed by atoms with Crippen molar-refractivity contribution in [2.45, 2.75) is 25.1 Å². The average molecular weight is 351 g/mol. The summed E-state index contributed by atoms with van der Waals surface area (Å²) >= 11 is 0. The van der Waals surface area contributed by atoms with Gasteiger partial charge in [0.25, 0.3) is 0 Å². The fraction of sp³-hybridized carbons (Fsp3) is 0.316. The predicted molar refractivity (Wildman–Crippen MR) is 89.0 cm³/mol. The number of rotatable bonds is 8. The standard InChI is InChI=1S/C19H20F3NO2/c20-19(21,22)14-25-13-18(24)23-17(16-9-5-2-6-10-16)12-11-15-7-3-1-4-8-15/h1-10,17H,11-14H2,(H,23,24).